The normalized spacial score (nSPS) is 18.0. The first-order valence-corrected chi connectivity index (χ1v) is 11.9. The molecule has 33 heavy (non-hydrogen) atoms. The molecule has 5 heterocycles. The van der Waals surface area contributed by atoms with Gasteiger partial charge in [-0.25, -0.2) is 14.4 Å². The molecule has 0 aliphatic carbocycles. The summed E-state index contributed by atoms with van der Waals surface area (Å²) >= 11 is 0. The highest BCUT2D eigenvalue weighted by atomic mass is 32.2. The predicted octanol–water partition coefficient (Wildman–Crippen LogP) is 3.90. The summed E-state index contributed by atoms with van der Waals surface area (Å²) in [7, 11) is 1.05. The quantitative estimate of drug-likeness (QED) is 0.402. The summed E-state index contributed by atoms with van der Waals surface area (Å²) in [6, 6.07) is 10.1. The van der Waals surface area contributed by atoms with Gasteiger partial charge in [-0.2, -0.15) is 10.2 Å². The number of rotatable bonds is 4. The third-order valence-corrected chi connectivity index (χ3v) is 7.33. The van der Waals surface area contributed by atoms with E-state index in [1.807, 2.05) is 37.0 Å². The van der Waals surface area contributed by atoms with E-state index >= 15 is 0 Å². The molecule has 1 aromatic carbocycles. The van der Waals surface area contributed by atoms with E-state index in [1.165, 1.54) is 18.5 Å². The van der Waals surface area contributed by atoms with Crippen LogP contribution in [0.3, 0.4) is 0 Å². The molecule has 1 saturated heterocycles. The van der Waals surface area contributed by atoms with Crippen molar-refractivity contribution in [2.75, 3.05) is 11.5 Å². The van der Waals surface area contributed by atoms with Crippen LogP contribution in [0.5, 0.6) is 0 Å². The second-order valence-corrected chi connectivity index (χ2v) is 9.70. The Morgan fingerprint density at radius 2 is 1.88 bits per heavy atom. The highest BCUT2D eigenvalue weighted by Crippen LogP contribution is 2.38. The Balaban J connectivity index is 1.53. The van der Waals surface area contributed by atoms with Crippen LogP contribution in [-0.4, -0.2) is 45.2 Å². The number of aryl methyl sites for hydroxylation is 2. The van der Waals surface area contributed by atoms with Crippen LogP contribution in [0.25, 0.3) is 45.1 Å². The molecule has 4 aromatic heterocycles. The second-order valence-electron chi connectivity index (χ2n) is 8.15. The van der Waals surface area contributed by atoms with Gasteiger partial charge in [-0.15, -0.1) is 0 Å². The monoisotopic (exact) mass is 462 g/mol. The highest BCUT2D eigenvalue weighted by Gasteiger charge is 2.30. The Morgan fingerprint density at radius 1 is 1.09 bits per heavy atom. The van der Waals surface area contributed by atoms with Gasteiger partial charge >= 0.3 is 0 Å². The van der Waals surface area contributed by atoms with Crippen LogP contribution in [0.2, 0.25) is 0 Å². The zero-order valence-electron chi connectivity index (χ0n) is 17.9. The van der Waals surface area contributed by atoms with E-state index in [4.69, 9.17) is 9.52 Å². The fraction of sp³-hybridized carbons (Fsp3) is 0.217. The summed E-state index contributed by atoms with van der Waals surface area (Å²) in [6.45, 7) is 1.92. The number of benzene rings is 1. The van der Waals surface area contributed by atoms with Crippen LogP contribution < -0.4 is 0 Å². The van der Waals surface area contributed by atoms with Gasteiger partial charge in [0.15, 0.2) is 5.76 Å². The van der Waals surface area contributed by atoms with Crippen molar-refractivity contribution in [3.8, 4) is 34.0 Å². The Hall–Kier alpha value is -3.66. The molecule has 0 amide bonds. The number of fused-ring (bicyclic) bond motifs is 1. The fourth-order valence-corrected chi connectivity index (χ4v) is 5.21. The van der Waals surface area contributed by atoms with Crippen molar-refractivity contribution in [3.05, 3.63) is 60.4 Å². The molecule has 0 atom stereocenters. The molecule has 0 bridgehead atoms. The number of hydrogen-bond acceptors (Lipinski definition) is 6. The van der Waals surface area contributed by atoms with E-state index in [0.29, 0.717) is 34.4 Å². The lowest BCUT2D eigenvalue weighted by Crippen LogP contribution is -2.33. The van der Waals surface area contributed by atoms with Crippen molar-refractivity contribution >= 4 is 21.9 Å². The van der Waals surface area contributed by atoms with E-state index in [9.17, 15) is 8.60 Å². The van der Waals surface area contributed by atoms with Crippen LogP contribution in [0.1, 0.15) is 11.7 Å². The first-order chi connectivity index (χ1) is 16.0. The zero-order valence-corrected chi connectivity index (χ0v) is 18.7. The lowest BCUT2D eigenvalue weighted by atomic mass is 10.0. The second kappa shape index (κ2) is 7.45. The van der Waals surface area contributed by atoms with Crippen molar-refractivity contribution in [2.24, 2.45) is 7.05 Å². The van der Waals surface area contributed by atoms with Gasteiger partial charge in [0.1, 0.15) is 23.5 Å². The minimum atomic E-state index is -0.812. The van der Waals surface area contributed by atoms with E-state index in [1.54, 1.807) is 16.8 Å². The first kappa shape index (κ1) is 20.0. The maximum Gasteiger partial charge on any atom is 0.230 e. The van der Waals surface area contributed by atoms with Crippen LogP contribution in [0, 0.1) is 12.7 Å². The van der Waals surface area contributed by atoms with Gasteiger partial charge in [0.2, 0.25) is 5.71 Å². The van der Waals surface area contributed by atoms with Gasteiger partial charge in [0.25, 0.3) is 0 Å². The largest absolute Gasteiger partial charge is 0.436 e. The molecule has 10 heteroatoms. The van der Waals surface area contributed by atoms with Crippen LogP contribution in [0.4, 0.5) is 4.39 Å². The molecule has 0 N–H and O–H groups in total. The zero-order chi connectivity index (χ0) is 22.7. The average molecular weight is 463 g/mol. The summed E-state index contributed by atoms with van der Waals surface area (Å²) in [4.78, 5) is 8.88. The van der Waals surface area contributed by atoms with Crippen molar-refractivity contribution in [2.45, 2.75) is 13.0 Å². The van der Waals surface area contributed by atoms with Gasteiger partial charge < -0.3 is 4.42 Å². The molecule has 166 valence electrons. The maximum atomic E-state index is 13.6. The minimum absolute atomic E-state index is 0.0634. The molecule has 6 rings (SSSR count). The van der Waals surface area contributed by atoms with Gasteiger partial charge in [0, 0.05) is 46.7 Å². The third-order valence-electron chi connectivity index (χ3n) is 5.82. The molecule has 0 unspecified atom stereocenters. The highest BCUT2D eigenvalue weighted by molar-refractivity contribution is 7.86. The van der Waals surface area contributed by atoms with Gasteiger partial charge in [0.05, 0.1) is 22.8 Å². The Labute approximate surface area is 190 Å². The number of halogens is 1. The number of aromatic nitrogens is 6. The Kier molecular flexibility index (Phi) is 4.51. The SMILES string of the molecule is Cc1cc(-c2cc3c(-c4cn(C5CS(=O)C5)nc4-c4ccc(F)cc4)ncnc3o2)n(C)n1. The third kappa shape index (κ3) is 3.37. The molecule has 8 nitrogen and oxygen atoms in total. The molecule has 0 saturated carbocycles. The molecular weight excluding hydrogens is 443 g/mol. The first-order valence-electron chi connectivity index (χ1n) is 10.4. The fourth-order valence-electron chi connectivity index (χ4n) is 4.14. The molecular formula is C23H19FN6O2S. The van der Waals surface area contributed by atoms with Crippen molar-refractivity contribution in [1.82, 2.24) is 29.5 Å². The molecule has 1 aliphatic heterocycles. The summed E-state index contributed by atoms with van der Waals surface area (Å²) in [5.41, 5.74) is 5.06. The van der Waals surface area contributed by atoms with Crippen molar-refractivity contribution < 1.29 is 13.0 Å². The summed E-state index contributed by atoms with van der Waals surface area (Å²) < 4.78 is 34.9. The summed E-state index contributed by atoms with van der Waals surface area (Å²) in [5.74, 6) is 1.46. The van der Waals surface area contributed by atoms with Crippen molar-refractivity contribution in [1.29, 1.82) is 0 Å². The van der Waals surface area contributed by atoms with Gasteiger partial charge in [-0.1, -0.05) is 0 Å². The summed E-state index contributed by atoms with van der Waals surface area (Å²) in [5, 5.41) is 9.92. The predicted molar refractivity (Wildman–Crippen MR) is 122 cm³/mol. The number of nitrogens with zero attached hydrogens (tertiary/aromatic N) is 6. The van der Waals surface area contributed by atoms with E-state index in [0.717, 1.165) is 27.9 Å². The Bertz CT molecular complexity index is 1530. The molecule has 1 aliphatic rings. The molecule has 0 spiro atoms. The Morgan fingerprint density at radius 3 is 2.58 bits per heavy atom. The molecule has 1 fully saturated rings. The van der Waals surface area contributed by atoms with Gasteiger partial charge in [-0.05, 0) is 43.3 Å². The van der Waals surface area contributed by atoms with E-state index in [2.05, 4.69) is 15.1 Å². The number of hydrogen-bond donors (Lipinski definition) is 0. The molecule has 0 radical (unpaired) electrons. The standard InChI is InChI=1S/C23H19FN6O2S/c1-13-7-19(29(2)27-13)20-8-17-22(25-12-26-23(17)32-20)18-9-30(16-10-33(31)11-16)28-21(18)14-3-5-15(24)6-4-14/h3-9,12,16H,10-11H2,1-2H3. The van der Waals surface area contributed by atoms with E-state index < -0.39 is 10.8 Å². The van der Waals surface area contributed by atoms with E-state index in [-0.39, 0.29) is 11.9 Å². The average Bonchev–Trinajstić information content (AvgIpc) is 3.48. The van der Waals surface area contributed by atoms with Crippen LogP contribution in [0.15, 0.2) is 53.3 Å². The summed E-state index contributed by atoms with van der Waals surface area (Å²) in [6.07, 6.45) is 3.38. The number of furan rings is 1. The lowest BCUT2D eigenvalue weighted by Gasteiger charge is -2.24. The van der Waals surface area contributed by atoms with Crippen LogP contribution >= 0.6 is 0 Å². The molecule has 5 aromatic rings. The lowest BCUT2D eigenvalue weighted by molar-refractivity contribution is 0.507. The van der Waals surface area contributed by atoms with Gasteiger partial charge in [-0.3, -0.25) is 13.6 Å². The topological polar surface area (TPSA) is 91.6 Å². The van der Waals surface area contributed by atoms with Crippen molar-refractivity contribution in [3.63, 3.8) is 0 Å². The smallest absolute Gasteiger partial charge is 0.230 e. The maximum absolute atomic E-state index is 13.6. The van der Waals surface area contributed by atoms with Crippen LogP contribution in [-0.2, 0) is 17.8 Å². The minimum Gasteiger partial charge on any atom is -0.436 e.